The van der Waals surface area contributed by atoms with Crippen LogP contribution in [0.5, 0.6) is 0 Å². The van der Waals surface area contributed by atoms with Crippen LogP contribution in [0, 0.1) is 22.7 Å². The van der Waals surface area contributed by atoms with Crippen molar-refractivity contribution in [2.45, 2.75) is 21.9 Å². The number of aliphatic hydroxyl groups is 1. The van der Waals surface area contributed by atoms with Gasteiger partial charge in [0, 0.05) is 5.69 Å². The molecule has 0 unspecified atom stereocenters. The van der Waals surface area contributed by atoms with Gasteiger partial charge in [-0.2, -0.15) is 10.5 Å². The number of nitriles is 2. The molecule has 1 heterocycles. The molecule has 1 aliphatic rings. The van der Waals surface area contributed by atoms with E-state index < -0.39 is 53.5 Å². The average molecular weight is 573 g/mol. The van der Waals surface area contributed by atoms with Crippen LogP contribution in [0.25, 0.3) is 0 Å². The Morgan fingerprint density at radius 2 is 1.39 bits per heavy atom. The van der Waals surface area contributed by atoms with E-state index in [2.05, 4.69) is 4.72 Å². The lowest BCUT2D eigenvalue weighted by Crippen LogP contribution is -2.47. The highest BCUT2D eigenvalue weighted by molar-refractivity contribution is 7.93. The second-order valence-corrected chi connectivity index (χ2v) is 14.1. The van der Waals surface area contributed by atoms with Crippen molar-refractivity contribution in [3.05, 3.63) is 83.9 Å². The summed E-state index contributed by atoms with van der Waals surface area (Å²) >= 11 is 0. The van der Waals surface area contributed by atoms with Crippen molar-refractivity contribution in [3.8, 4) is 12.1 Å². The van der Waals surface area contributed by atoms with Crippen LogP contribution in [0.4, 0.5) is 11.4 Å². The molecule has 3 aromatic rings. The number of benzene rings is 3. The summed E-state index contributed by atoms with van der Waals surface area (Å²) in [5, 5.41) is 28.7. The Labute approximate surface area is 220 Å². The van der Waals surface area contributed by atoms with Crippen LogP contribution < -0.4 is 9.03 Å². The molecule has 0 radical (unpaired) electrons. The molecule has 0 aromatic heterocycles. The lowest BCUT2D eigenvalue weighted by molar-refractivity contribution is 0.184. The first-order valence-corrected chi connectivity index (χ1v) is 15.7. The van der Waals surface area contributed by atoms with Crippen molar-refractivity contribution in [2.24, 2.45) is 0 Å². The van der Waals surface area contributed by atoms with Gasteiger partial charge in [0.15, 0.2) is 9.84 Å². The molecule has 0 aliphatic carbocycles. The van der Waals surface area contributed by atoms with Gasteiger partial charge in [-0.1, -0.05) is 12.1 Å². The van der Waals surface area contributed by atoms with Crippen molar-refractivity contribution in [1.82, 2.24) is 0 Å². The molecule has 2 atom stereocenters. The fraction of sp³-hybridized carbons (Fsp3) is 0.167. The summed E-state index contributed by atoms with van der Waals surface area (Å²) in [5.41, 5.74) is 0.257. The first kappa shape index (κ1) is 27.1. The third kappa shape index (κ3) is 5.49. The molecule has 11 nitrogen and oxygen atoms in total. The number of nitrogens with one attached hydrogen (secondary N) is 1. The molecule has 14 heteroatoms. The lowest BCUT2D eigenvalue weighted by Gasteiger charge is -2.31. The van der Waals surface area contributed by atoms with Gasteiger partial charge in [0.25, 0.3) is 20.0 Å². The normalized spacial score (nSPS) is 18.7. The Balaban J connectivity index is 1.73. The second kappa shape index (κ2) is 10.1. The second-order valence-electron chi connectivity index (χ2n) is 8.44. The Bertz CT molecular complexity index is 1790. The summed E-state index contributed by atoms with van der Waals surface area (Å²) in [6.45, 7) is 0. The molecule has 0 spiro atoms. The predicted octanol–water partition coefficient (Wildman–Crippen LogP) is 1.58. The van der Waals surface area contributed by atoms with Crippen LogP contribution in [0.3, 0.4) is 0 Å². The average Bonchev–Trinajstić information content (AvgIpc) is 3.16. The maximum absolute atomic E-state index is 13.7. The molecule has 0 amide bonds. The van der Waals surface area contributed by atoms with Crippen LogP contribution in [0.15, 0.2) is 82.6 Å². The van der Waals surface area contributed by atoms with E-state index in [0.29, 0.717) is 0 Å². The summed E-state index contributed by atoms with van der Waals surface area (Å²) in [6, 6.07) is 18.0. The van der Waals surface area contributed by atoms with Crippen LogP contribution in [0.2, 0.25) is 0 Å². The molecule has 3 aromatic carbocycles. The molecule has 0 saturated carbocycles. The molecule has 1 saturated heterocycles. The van der Waals surface area contributed by atoms with Crippen LogP contribution in [0.1, 0.15) is 11.1 Å². The Morgan fingerprint density at radius 1 is 0.842 bits per heavy atom. The maximum Gasteiger partial charge on any atom is 0.264 e. The Kier molecular flexibility index (Phi) is 7.18. The number of nitrogens with zero attached hydrogens (tertiary/aromatic N) is 3. The van der Waals surface area contributed by atoms with Gasteiger partial charge in [0.2, 0.25) is 0 Å². The Hall–Kier alpha value is -3.95. The fourth-order valence-electron chi connectivity index (χ4n) is 4.01. The van der Waals surface area contributed by atoms with E-state index in [1.165, 1.54) is 66.7 Å². The van der Waals surface area contributed by atoms with Gasteiger partial charge in [0.05, 0.1) is 62.4 Å². The number of aliphatic hydroxyl groups excluding tert-OH is 1. The van der Waals surface area contributed by atoms with Gasteiger partial charge >= 0.3 is 0 Å². The standard InChI is InChI=1S/C24H20N4O7S3/c25-13-17-3-1-5-21(11-17)37(32,33)27-19-7-9-20(10-8-19)28(23-15-36(30,31)16-24(23)29)38(34,35)22-6-2-4-18(12-22)14-26/h1-12,23-24,27,29H,15-16H2/t23-,24+/m0/s1. The number of anilines is 2. The topological polar surface area (TPSA) is 185 Å². The summed E-state index contributed by atoms with van der Waals surface area (Å²) in [6.07, 6.45) is -1.51. The van der Waals surface area contributed by atoms with Gasteiger partial charge in [-0.3, -0.25) is 9.03 Å². The van der Waals surface area contributed by atoms with Crippen molar-refractivity contribution in [2.75, 3.05) is 20.5 Å². The van der Waals surface area contributed by atoms with Gasteiger partial charge in [-0.05, 0) is 60.7 Å². The molecule has 196 valence electrons. The fourth-order valence-corrected chi connectivity index (χ4v) is 8.70. The van der Waals surface area contributed by atoms with Crippen molar-refractivity contribution in [1.29, 1.82) is 10.5 Å². The first-order valence-electron chi connectivity index (χ1n) is 10.9. The summed E-state index contributed by atoms with van der Waals surface area (Å²) in [4.78, 5) is -0.434. The van der Waals surface area contributed by atoms with Gasteiger partial charge in [-0.25, -0.2) is 25.3 Å². The SMILES string of the molecule is N#Cc1cccc(S(=O)(=O)Nc2ccc(N([C@H]3CS(=O)(=O)C[C@H]3O)S(=O)(=O)c3cccc(C#N)c3)cc2)c1. The Morgan fingerprint density at radius 3 is 1.92 bits per heavy atom. The van der Waals surface area contributed by atoms with Crippen molar-refractivity contribution >= 4 is 41.3 Å². The minimum atomic E-state index is -4.46. The maximum atomic E-state index is 13.7. The summed E-state index contributed by atoms with van der Waals surface area (Å²) in [5.74, 6) is -1.25. The first-order chi connectivity index (χ1) is 17.9. The number of sulfonamides is 2. The highest BCUT2D eigenvalue weighted by Crippen LogP contribution is 2.32. The summed E-state index contributed by atoms with van der Waals surface area (Å²) in [7, 11) is -12.3. The minimum Gasteiger partial charge on any atom is -0.390 e. The molecule has 2 N–H and O–H groups in total. The van der Waals surface area contributed by atoms with Gasteiger partial charge in [0.1, 0.15) is 0 Å². The largest absolute Gasteiger partial charge is 0.390 e. The van der Waals surface area contributed by atoms with E-state index in [1.807, 2.05) is 12.1 Å². The number of hydrogen-bond donors (Lipinski definition) is 2. The van der Waals surface area contributed by atoms with Gasteiger partial charge in [-0.15, -0.1) is 0 Å². The van der Waals surface area contributed by atoms with E-state index in [0.717, 1.165) is 10.4 Å². The zero-order valence-electron chi connectivity index (χ0n) is 19.5. The molecule has 1 fully saturated rings. The molecule has 1 aliphatic heterocycles. The quantitative estimate of drug-likeness (QED) is 0.424. The molecular formula is C24H20N4O7S3. The van der Waals surface area contributed by atoms with Crippen molar-refractivity contribution in [3.63, 3.8) is 0 Å². The minimum absolute atomic E-state index is 0.0251. The highest BCUT2D eigenvalue weighted by atomic mass is 32.2. The van der Waals surface area contributed by atoms with E-state index in [-0.39, 0.29) is 32.3 Å². The highest BCUT2D eigenvalue weighted by Gasteiger charge is 2.45. The third-order valence-corrected chi connectivity index (χ3v) is 10.7. The predicted molar refractivity (Wildman–Crippen MR) is 138 cm³/mol. The number of hydrogen-bond acceptors (Lipinski definition) is 9. The van der Waals surface area contributed by atoms with E-state index in [4.69, 9.17) is 5.26 Å². The van der Waals surface area contributed by atoms with Crippen LogP contribution in [-0.2, 0) is 29.9 Å². The van der Waals surface area contributed by atoms with Gasteiger partial charge < -0.3 is 5.11 Å². The van der Waals surface area contributed by atoms with E-state index >= 15 is 0 Å². The van der Waals surface area contributed by atoms with Crippen LogP contribution in [-0.4, -0.2) is 54.0 Å². The molecule has 38 heavy (non-hydrogen) atoms. The van der Waals surface area contributed by atoms with E-state index in [9.17, 15) is 35.6 Å². The zero-order valence-corrected chi connectivity index (χ0v) is 21.9. The monoisotopic (exact) mass is 572 g/mol. The van der Waals surface area contributed by atoms with Crippen LogP contribution >= 0.6 is 0 Å². The number of rotatable bonds is 7. The number of sulfone groups is 1. The zero-order chi connectivity index (χ0) is 27.7. The molecular weight excluding hydrogens is 552 g/mol. The lowest BCUT2D eigenvalue weighted by atomic mass is 10.2. The summed E-state index contributed by atoms with van der Waals surface area (Å²) < 4.78 is 80.5. The van der Waals surface area contributed by atoms with E-state index in [1.54, 1.807) is 0 Å². The van der Waals surface area contributed by atoms with Crippen molar-refractivity contribution < 1.29 is 30.4 Å². The third-order valence-electron chi connectivity index (χ3n) is 5.76. The smallest absolute Gasteiger partial charge is 0.264 e. The molecule has 0 bridgehead atoms. The molecule has 4 rings (SSSR count).